The normalized spacial score (nSPS) is 37.2. The minimum atomic E-state index is -0.358. The average molecular weight is 481 g/mol. The fraction of sp³-hybridized carbons (Fsp3) is 0.840. The maximum Gasteiger partial charge on any atom is 0.410 e. The van der Waals surface area contributed by atoms with Crippen molar-refractivity contribution in [3.63, 3.8) is 0 Å². The summed E-state index contributed by atoms with van der Waals surface area (Å²) in [5.41, 5.74) is 0.671. The second-order valence-corrected chi connectivity index (χ2v) is 10.8. The van der Waals surface area contributed by atoms with Crippen molar-refractivity contribution < 1.29 is 33.3 Å². The van der Waals surface area contributed by atoms with Crippen LogP contribution in [0, 0.1) is 5.92 Å². The van der Waals surface area contributed by atoms with Crippen LogP contribution < -0.4 is 0 Å². The molecule has 1 saturated carbocycles. The van der Waals surface area contributed by atoms with Crippen LogP contribution in [0.1, 0.15) is 52.9 Å². The molecule has 0 aromatic rings. The van der Waals surface area contributed by atoms with Gasteiger partial charge in [0.05, 0.1) is 18.6 Å². The van der Waals surface area contributed by atoms with Gasteiger partial charge >= 0.3 is 12.2 Å². The topological polar surface area (TPSA) is 93.4 Å². The Bertz CT molecular complexity index is 799. The third kappa shape index (κ3) is 5.06. The van der Waals surface area contributed by atoms with Crippen LogP contribution in [0.5, 0.6) is 0 Å². The van der Waals surface area contributed by atoms with Crippen molar-refractivity contribution in [2.24, 2.45) is 5.92 Å². The molecule has 3 heterocycles. The summed E-state index contributed by atoms with van der Waals surface area (Å²) in [5.74, 6) is 0.00305. The third-order valence-corrected chi connectivity index (χ3v) is 7.82. The van der Waals surface area contributed by atoms with Crippen LogP contribution in [0.2, 0.25) is 0 Å². The summed E-state index contributed by atoms with van der Waals surface area (Å²) in [5, 5.41) is 0. The fourth-order valence-corrected chi connectivity index (χ4v) is 5.68. The van der Waals surface area contributed by atoms with Gasteiger partial charge in [0.2, 0.25) is 0 Å². The molecular weight excluding hydrogens is 440 g/mol. The van der Waals surface area contributed by atoms with Crippen molar-refractivity contribution in [3.8, 4) is 0 Å². The van der Waals surface area contributed by atoms with E-state index < -0.39 is 0 Å². The van der Waals surface area contributed by atoms with Gasteiger partial charge in [-0.05, 0) is 40.0 Å². The number of likely N-dealkylation sites (tertiary alicyclic amines) is 1. The van der Waals surface area contributed by atoms with E-state index in [1.165, 1.54) is 10.5 Å². The van der Waals surface area contributed by atoms with Crippen molar-refractivity contribution in [1.29, 1.82) is 0 Å². The van der Waals surface area contributed by atoms with Gasteiger partial charge in [-0.1, -0.05) is 11.6 Å². The van der Waals surface area contributed by atoms with Gasteiger partial charge in [0.15, 0.2) is 0 Å². The smallest absolute Gasteiger partial charge is 0.410 e. The Balaban J connectivity index is 1.36. The minimum absolute atomic E-state index is 0.00305. The van der Waals surface area contributed by atoms with Crippen LogP contribution >= 0.6 is 0 Å². The van der Waals surface area contributed by atoms with Crippen molar-refractivity contribution in [2.75, 3.05) is 40.9 Å². The SMILES string of the molecule is CO[C@@H]1[C@H](OC(=O)N2CCC(OC(=O)N(C)C)CC2)CC[C@]2(CO2)[C@H]1[C@@]1(C)O[C@@H]1CC=C(C)C. The molecule has 3 aliphatic heterocycles. The van der Waals surface area contributed by atoms with Crippen LogP contribution in [0.15, 0.2) is 11.6 Å². The highest BCUT2D eigenvalue weighted by Gasteiger charge is 2.72. The lowest BCUT2D eigenvalue weighted by molar-refractivity contribution is -0.122. The first kappa shape index (κ1) is 25.3. The zero-order valence-electron chi connectivity index (χ0n) is 21.4. The van der Waals surface area contributed by atoms with E-state index in [0.29, 0.717) is 39.0 Å². The van der Waals surface area contributed by atoms with Gasteiger partial charge in [-0.3, -0.25) is 0 Å². The number of methoxy groups -OCH3 is 1. The van der Waals surface area contributed by atoms with Gasteiger partial charge in [-0.25, -0.2) is 9.59 Å². The second kappa shape index (κ2) is 9.66. The number of nitrogens with zero attached hydrogens (tertiary/aromatic N) is 2. The highest BCUT2D eigenvalue weighted by atomic mass is 16.6. The number of rotatable bonds is 6. The summed E-state index contributed by atoms with van der Waals surface area (Å²) < 4.78 is 29.7. The van der Waals surface area contributed by atoms with Crippen molar-refractivity contribution in [1.82, 2.24) is 9.80 Å². The fourth-order valence-electron chi connectivity index (χ4n) is 5.68. The molecule has 6 atom stereocenters. The van der Waals surface area contributed by atoms with Crippen LogP contribution in [-0.2, 0) is 23.7 Å². The first-order valence-corrected chi connectivity index (χ1v) is 12.4. The van der Waals surface area contributed by atoms with Crippen LogP contribution in [-0.4, -0.2) is 98.5 Å². The number of epoxide rings is 2. The average Bonchev–Trinajstić information content (AvgIpc) is 3.71. The van der Waals surface area contributed by atoms with Crippen LogP contribution in [0.3, 0.4) is 0 Å². The van der Waals surface area contributed by atoms with Crippen LogP contribution in [0.25, 0.3) is 0 Å². The molecule has 4 rings (SSSR count). The van der Waals surface area contributed by atoms with Gasteiger partial charge in [0.1, 0.15) is 29.5 Å². The highest BCUT2D eigenvalue weighted by Crippen LogP contribution is 2.59. The number of carbonyl (C=O) groups is 2. The molecule has 2 amide bonds. The first-order valence-electron chi connectivity index (χ1n) is 12.4. The van der Waals surface area contributed by atoms with Gasteiger partial charge in [0.25, 0.3) is 0 Å². The zero-order valence-corrected chi connectivity index (χ0v) is 21.4. The van der Waals surface area contributed by atoms with Gasteiger partial charge in [-0.15, -0.1) is 0 Å². The lowest BCUT2D eigenvalue weighted by Crippen LogP contribution is -2.56. The Hall–Kier alpha value is -1.84. The van der Waals surface area contributed by atoms with E-state index in [2.05, 4.69) is 26.8 Å². The van der Waals surface area contributed by atoms with E-state index in [-0.39, 0.29) is 53.7 Å². The molecule has 0 bridgehead atoms. The molecule has 4 fully saturated rings. The molecule has 1 aliphatic carbocycles. The van der Waals surface area contributed by atoms with E-state index in [9.17, 15) is 9.59 Å². The Morgan fingerprint density at radius 3 is 2.38 bits per heavy atom. The quantitative estimate of drug-likeness (QED) is 0.425. The molecule has 0 aromatic heterocycles. The maximum absolute atomic E-state index is 13.0. The van der Waals surface area contributed by atoms with E-state index in [1.807, 2.05) is 0 Å². The lowest BCUT2D eigenvalue weighted by atomic mass is 9.68. The molecule has 1 spiro atoms. The van der Waals surface area contributed by atoms with Crippen molar-refractivity contribution in [3.05, 3.63) is 11.6 Å². The molecule has 4 aliphatic rings. The number of piperidine rings is 1. The molecule has 192 valence electrons. The molecule has 0 aromatic carbocycles. The molecule has 9 heteroatoms. The second-order valence-electron chi connectivity index (χ2n) is 10.8. The zero-order chi connectivity index (χ0) is 24.7. The first-order chi connectivity index (χ1) is 16.1. The Morgan fingerprint density at radius 2 is 1.82 bits per heavy atom. The van der Waals surface area contributed by atoms with Gasteiger partial charge < -0.3 is 33.5 Å². The summed E-state index contributed by atoms with van der Waals surface area (Å²) in [7, 11) is 5.00. The Labute approximate surface area is 202 Å². The standard InChI is InChI=1S/C25H40N2O7/c1-16(2)7-8-19-24(3,34-19)21-20(30-6)18(9-12-25(21)15-31-25)33-23(29)27-13-10-17(11-14-27)32-22(28)26(4)5/h7,17-21H,8-15H2,1-6H3/t18-,19-,20-,21-,24+,25+/m1/s1. The number of hydrogen-bond donors (Lipinski definition) is 0. The number of ether oxygens (including phenoxy) is 5. The predicted molar refractivity (Wildman–Crippen MR) is 125 cm³/mol. The summed E-state index contributed by atoms with van der Waals surface area (Å²) in [4.78, 5) is 27.9. The number of carbonyl (C=O) groups excluding carboxylic acids is 2. The van der Waals surface area contributed by atoms with E-state index in [4.69, 9.17) is 23.7 Å². The summed E-state index contributed by atoms with van der Waals surface area (Å²) in [6, 6.07) is 0. The maximum atomic E-state index is 13.0. The molecule has 0 N–H and O–H groups in total. The van der Waals surface area contributed by atoms with Gasteiger partial charge in [0, 0.05) is 47.1 Å². The number of allylic oxidation sites excluding steroid dienone is 1. The number of amides is 2. The molecular formula is C25H40N2O7. The van der Waals surface area contributed by atoms with E-state index >= 15 is 0 Å². The highest BCUT2D eigenvalue weighted by molar-refractivity contribution is 5.68. The Kier molecular flexibility index (Phi) is 7.18. The molecule has 3 saturated heterocycles. The minimum Gasteiger partial charge on any atom is -0.446 e. The predicted octanol–water partition coefficient (Wildman–Crippen LogP) is 3.36. The monoisotopic (exact) mass is 480 g/mol. The van der Waals surface area contributed by atoms with E-state index in [0.717, 1.165) is 12.8 Å². The van der Waals surface area contributed by atoms with Crippen molar-refractivity contribution in [2.45, 2.75) is 88.5 Å². The van der Waals surface area contributed by atoms with Gasteiger partial charge in [-0.2, -0.15) is 0 Å². The molecule has 9 nitrogen and oxygen atoms in total. The Morgan fingerprint density at radius 1 is 1.15 bits per heavy atom. The van der Waals surface area contributed by atoms with Crippen LogP contribution in [0.4, 0.5) is 9.59 Å². The number of hydrogen-bond acceptors (Lipinski definition) is 7. The summed E-state index contributed by atoms with van der Waals surface area (Å²) >= 11 is 0. The third-order valence-electron chi connectivity index (χ3n) is 7.82. The largest absolute Gasteiger partial charge is 0.446 e. The summed E-state index contributed by atoms with van der Waals surface area (Å²) in [6.45, 7) is 8.02. The van der Waals surface area contributed by atoms with Crippen molar-refractivity contribution >= 4 is 12.2 Å². The van der Waals surface area contributed by atoms with E-state index in [1.54, 1.807) is 26.1 Å². The molecule has 34 heavy (non-hydrogen) atoms. The lowest BCUT2D eigenvalue weighted by Gasteiger charge is -2.43. The molecule has 0 radical (unpaired) electrons. The summed E-state index contributed by atoms with van der Waals surface area (Å²) in [6.07, 6.45) is 4.40. The molecule has 0 unspecified atom stereocenters.